The van der Waals surface area contributed by atoms with Crippen molar-refractivity contribution in [2.45, 2.75) is 25.7 Å². The third-order valence-corrected chi connectivity index (χ3v) is 4.60. The van der Waals surface area contributed by atoms with Crippen LogP contribution in [0.2, 0.25) is 0 Å². The highest BCUT2D eigenvalue weighted by molar-refractivity contribution is 5.95. The minimum absolute atomic E-state index is 0.860. The van der Waals surface area contributed by atoms with Crippen molar-refractivity contribution in [2.24, 2.45) is 4.99 Å². The zero-order valence-electron chi connectivity index (χ0n) is 13.8. The summed E-state index contributed by atoms with van der Waals surface area (Å²) in [7, 11) is 1.68. The molecule has 24 heavy (non-hydrogen) atoms. The number of rotatable bonds is 3. The number of fused-ring (bicyclic) bond motifs is 2. The molecule has 3 nitrogen and oxygen atoms in total. The lowest BCUT2D eigenvalue weighted by Gasteiger charge is -2.18. The van der Waals surface area contributed by atoms with Gasteiger partial charge in [-0.05, 0) is 67.1 Å². The second-order valence-electron chi connectivity index (χ2n) is 6.14. The van der Waals surface area contributed by atoms with Gasteiger partial charge in [0.1, 0.15) is 5.75 Å². The van der Waals surface area contributed by atoms with Crippen LogP contribution in [0, 0.1) is 0 Å². The summed E-state index contributed by atoms with van der Waals surface area (Å²) in [5.41, 5.74) is 5.75. The van der Waals surface area contributed by atoms with Crippen LogP contribution in [0.3, 0.4) is 0 Å². The monoisotopic (exact) mass is 316 g/mol. The van der Waals surface area contributed by atoms with Crippen LogP contribution in [-0.2, 0) is 12.8 Å². The van der Waals surface area contributed by atoms with Gasteiger partial charge < -0.3 is 4.74 Å². The minimum atomic E-state index is 0.860. The number of hydrogen-bond acceptors (Lipinski definition) is 3. The van der Waals surface area contributed by atoms with Gasteiger partial charge in [0.25, 0.3) is 0 Å². The zero-order valence-corrected chi connectivity index (χ0v) is 13.8. The molecule has 0 unspecified atom stereocenters. The van der Waals surface area contributed by atoms with Gasteiger partial charge in [0, 0.05) is 17.3 Å². The van der Waals surface area contributed by atoms with Gasteiger partial charge >= 0.3 is 0 Å². The second kappa shape index (κ2) is 6.44. The third-order valence-electron chi connectivity index (χ3n) is 4.60. The zero-order chi connectivity index (χ0) is 16.4. The topological polar surface area (TPSA) is 34.5 Å². The lowest BCUT2D eigenvalue weighted by atomic mass is 9.93. The third kappa shape index (κ3) is 2.78. The number of hydrogen-bond donors (Lipinski definition) is 0. The Bertz CT molecular complexity index is 898. The Morgan fingerprint density at radius 1 is 1.00 bits per heavy atom. The first-order valence-corrected chi connectivity index (χ1v) is 8.44. The van der Waals surface area contributed by atoms with Crippen molar-refractivity contribution in [3.8, 4) is 5.75 Å². The smallest absolute Gasteiger partial charge is 0.118 e. The fourth-order valence-corrected chi connectivity index (χ4v) is 3.32. The van der Waals surface area contributed by atoms with E-state index in [-0.39, 0.29) is 0 Å². The molecule has 3 heteroatoms. The van der Waals surface area contributed by atoms with Crippen molar-refractivity contribution in [3.63, 3.8) is 0 Å². The van der Waals surface area contributed by atoms with E-state index in [1.807, 2.05) is 36.5 Å². The van der Waals surface area contributed by atoms with Crippen LogP contribution < -0.4 is 4.74 Å². The van der Waals surface area contributed by atoms with Crippen molar-refractivity contribution < 1.29 is 4.74 Å². The molecule has 0 atom stereocenters. The van der Waals surface area contributed by atoms with E-state index in [2.05, 4.69) is 18.2 Å². The molecular formula is C21H20N2O. The summed E-state index contributed by atoms with van der Waals surface area (Å²) < 4.78 is 5.21. The number of para-hydroxylation sites is 1. The van der Waals surface area contributed by atoms with E-state index in [0.717, 1.165) is 40.7 Å². The number of pyridine rings is 1. The van der Waals surface area contributed by atoms with Gasteiger partial charge in [-0.1, -0.05) is 18.2 Å². The summed E-state index contributed by atoms with van der Waals surface area (Å²) in [5, 5.41) is 1.14. The van der Waals surface area contributed by atoms with Gasteiger partial charge in [0.15, 0.2) is 0 Å². The first kappa shape index (κ1) is 14.9. The van der Waals surface area contributed by atoms with E-state index in [1.165, 1.54) is 24.1 Å². The van der Waals surface area contributed by atoms with Crippen molar-refractivity contribution >= 4 is 22.8 Å². The molecule has 0 fully saturated rings. The lowest BCUT2D eigenvalue weighted by molar-refractivity contribution is 0.415. The fourth-order valence-electron chi connectivity index (χ4n) is 3.32. The van der Waals surface area contributed by atoms with Crippen molar-refractivity contribution in [1.29, 1.82) is 0 Å². The highest BCUT2D eigenvalue weighted by Gasteiger charge is 2.17. The molecule has 0 spiro atoms. The number of nitrogens with zero attached hydrogens (tertiary/aromatic N) is 2. The Morgan fingerprint density at radius 3 is 2.62 bits per heavy atom. The summed E-state index contributed by atoms with van der Waals surface area (Å²) in [6, 6.07) is 16.3. The molecule has 1 aliphatic rings. The predicted molar refractivity (Wildman–Crippen MR) is 98.6 cm³/mol. The maximum absolute atomic E-state index is 5.21. The normalized spacial score (nSPS) is 14.0. The Labute approximate surface area is 142 Å². The molecule has 1 aromatic heterocycles. The second-order valence-corrected chi connectivity index (χ2v) is 6.14. The average molecular weight is 316 g/mol. The number of aliphatic imine (C=N–C) groups is 1. The molecule has 4 rings (SSSR count). The molecule has 0 saturated heterocycles. The predicted octanol–water partition coefficient (Wildman–Crippen LogP) is 4.87. The number of aryl methyl sites for hydroxylation is 1. The van der Waals surface area contributed by atoms with Crippen LogP contribution in [0.5, 0.6) is 5.75 Å². The van der Waals surface area contributed by atoms with Gasteiger partial charge in [0.05, 0.1) is 18.3 Å². The molecule has 0 aliphatic heterocycles. The summed E-state index contributed by atoms with van der Waals surface area (Å²) in [6.07, 6.45) is 6.52. The van der Waals surface area contributed by atoms with Crippen LogP contribution >= 0.6 is 0 Å². The molecule has 0 radical (unpaired) electrons. The van der Waals surface area contributed by atoms with E-state index < -0.39 is 0 Å². The summed E-state index contributed by atoms with van der Waals surface area (Å²) in [6.45, 7) is 0. The lowest BCUT2D eigenvalue weighted by Crippen LogP contribution is -2.06. The molecule has 0 N–H and O–H groups in total. The highest BCUT2D eigenvalue weighted by atomic mass is 16.5. The standard InChI is InChI=1S/C21H20N2O/c1-24-16-12-10-15(11-13-16)14-22-21-17-6-2-4-8-19(17)23-20-9-5-3-7-18(20)21/h2,4,6,8,10-14H,3,5,7,9H2,1H3/b22-14+. The van der Waals surface area contributed by atoms with Crippen LogP contribution in [0.4, 0.5) is 5.69 Å². The number of methoxy groups -OCH3 is 1. The molecule has 2 aromatic carbocycles. The molecule has 0 amide bonds. The SMILES string of the molecule is COc1ccc(/C=N/c2c3c(nc4ccccc24)CCCC3)cc1. The maximum Gasteiger partial charge on any atom is 0.118 e. The van der Waals surface area contributed by atoms with E-state index in [0.29, 0.717) is 0 Å². The Balaban J connectivity index is 1.80. The van der Waals surface area contributed by atoms with Crippen LogP contribution in [0.25, 0.3) is 10.9 Å². The molecular weight excluding hydrogens is 296 g/mol. The molecule has 1 heterocycles. The summed E-state index contributed by atoms with van der Waals surface area (Å²) in [4.78, 5) is 9.73. The van der Waals surface area contributed by atoms with Gasteiger partial charge in [-0.3, -0.25) is 9.98 Å². The first-order valence-electron chi connectivity index (χ1n) is 8.44. The number of aromatic nitrogens is 1. The number of ether oxygens (including phenoxy) is 1. The molecule has 1 aliphatic carbocycles. The molecule has 0 bridgehead atoms. The Morgan fingerprint density at radius 2 is 1.79 bits per heavy atom. The van der Waals surface area contributed by atoms with E-state index >= 15 is 0 Å². The average Bonchev–Trinajstić information content (AvgIpc) is 2.65. The Kier molecular flexibility index (Phi) is 3.99. The van der Waals surface area contributed by atoms with Crippen LogP contribution in [0.15, 0.2) is 53.5 Å². The van der Waals surface area contributed by atoms with Gasteiger partial charge in [0.2, 0.25) is 0 Å². The summed E-state index contributed by atoms with van der Waals surface area (Å²) >= 11 is 0. The van der Waals surface area contributed by atoms with Gasteiger partial charge in [-0.15, -0.1) is 0 Å². The van der Waals surface area contributed by atoms with E-state index in [9.17, 15) is 0 Å². The van der Waals surface area contributed by atoms with Crippen LogP contribution in [-0.4, -0.2) is 18.3 Å². The highest BCUT2D eigenvalue weighted by Crippen LogP contribution is 2.35. The van der Waals surface area contributed by atoms with Crippen molar-refractivity contribution in [2.75, 3.05) is 7.11 Å². The van der Waals surface area contributed by atoms with Crippen molar-refractivity contribution in [1.82, 2.24) is 4.98 Å². The van der Waals surface area contributed by atoms with E-state index in [4.69, 9.17) is 14.7 Å². The van der Waals surface area contributed by atoms with Gasteiger partial charge in [-0.2, -0.15) is 0 Å². The Hall–Kier alpha value is -2.68. The van der Waals surface area contributed by atoms with Gasteiger partial charge in [-0.25, -0.2) is 0 Å². The first-order chi connectivity index (χ1) is 11.8. The van der Waals surface area contributed by atoms with Crippen molar-refractivity contribution in [3.05, 3.63) is 65.4 Å². The maximum atomic E-state index is 5.21. The number of benzene rings is 2. The molecule has 120 valence electrons. The minimum Gasteiger partial charge on any atom is -0.497 e. The van der Waals surface area contributed by atoms with E-state index in [1.54, 1.807) is 7.11 Å². The largest absolute Gasteiger partial charge is 0.497 e. The molecule has 0 saturated carbocycles. The molecule has 3 aromatic rings. The van der Waals surface area contributed by atoms with Crippen LogP contribution in [0.1, 0.15) is 29.7 Å². The quantitative estimate of drug-likeness (QED) is 0.646. The fraction of sp³-hybridized carbons (Fsp3) is 0.238. The summed E-state index contributed by atoms with van der Waals surface area (Å²) in [5.74, 6) is 0.860.